The Kier molecular flexibility index (Phi) is 6.36. The average Bonchev–Trinajstić information content (AvgIpc) is 3.26. The van der Waals surface area contributed by atoms with Gasteiger partial charge in [0.25, 0.3) is 5.91 Å². The lowest BCUT2D eigenvalue weighted by molar-refractivity contribution is 0.0987. The van der Waals surface area contributed by atoms with Gasteiger partial charge in [0, 0.05) is 30.9 Å². The highest BCUT2D eigenvalue weighted by atomic mass is 32.2. The molecule has 1 heterocycles. The van der Waals surface area contributed by atoms with Crippen LogP contribution >= 0.6 is 0 Å². The number of sulfonamides is 1. The van der Waals surface area contributed by atoms with Crippen LogP contribution in [-0.2, 0) is 10.0 Å². The average molecular weight is 412 g/mol. The lowest BCUT2D eigenvalue weighted by atomic mass is 10.1. The summed E-state index contributed by atoms with van der Waals surface area (Å²) in [5.41, 5.74) is 3.14. The number of nitrogens with zero attached hydrogens (tertiary/aromatic N) is 3. The van der Waals surface area contributed by atoms with Crippen molar-refractivity contribution in [2.45, 2.75) is 38.0 Å². The van der Waals surface area contributed by atoms with Gasteiger partial charge in [0.05, 0.1) is 17.4 Å². The molecular weight excluding hydrogens is 386 g/mol. The fraction of sp³-hybridized carbons (Fsp3) is 0.364. The molecule has 2 aromatic carbocycles. The fourth-order valence-electron chi connectivity index (χ4n) is 3.43. The molecule has 2 aromatic rings. The minimum atomic E-state index is -3.60. The Morgan fingerprint density at radius 1 is 1.10 bits per heavy atom. The summed E-state index contributed by atoms with van der Waals surface area (Å²) in [6.07, 6.45) is 1.89. The van der Waals surface area contributed by atoms with Crippen LogP contribution in [0.3, 0.4) is 0 Å². The summed E-state index contributed by atoms with van der Waals surface area (Å²) >= 11 is 0. The second-order valence-electron chi connectivity index (χ2n) is 7.27. The molecule has 0 bridgehead atoms. The standard InChI is InChI=1S/C22H25N3O3S/c1-17-9-10-20(15-18(17)2)25(14-6-11-23)22(26)19-7-5-8-21(16-19)29(27,28)24-12-3-4-13-24/h5,7-10,15-16H,3-4,6,12-14H2,1-2H3. The molecule has 7 heteroatoms. The van der Waals surface area contributed by atoms with Crippen LogP contribution in [0.1, 0.15) is 40.7 Å². The Bertz CT molecular complexity index is 1050. The van der Waals surface area contributed by atoms with E-state index in [4.69, 9.17) is 5.26 Å². The molecule has 1 amide bonds. The van der Waals surface area contributed by atoms with Crippen LogP contribution in [0.2, 0.25) is 0 Å². The molecule has 1 fully saturated rings. The maximum absolute atomic E-state index is 13.3. The fourth-order valence-corrected chi connectivity index (χ4v) is 4.99. The molecule has 29 heavy (non-hydrogen) atoms. The molecule has 6 nitrogen and oxygen atoms in total. The van der Waals surface area contributed by atoms with Crippen LogP contribution in [0.15, 0.2) is 47.4 Å². The van der Waals surface area contributed by atoms with E-state index in [0.717, 1.165) is 24.0 Å². The number of anilines is 1. The number of nitriles is 1. The van der Waals surface area contributed by atoms with Crippen molar-refractivity contribution in [3.05, 3.63) is 59.2 Å². The van der Waals surface area contributed by atoms with E-state index in [1.165, 1.54) is 21.3 Å². The maximum atomic E-state index is 13.3. The van der Waals surface area contributed by atoms with E-state index in [9.17, 15) is 13.2 Å². The van der Waals surface area contributed by atoms with Crippen LogP contribution in [0, 0.1) is 25.2 Å². The van der Waals surface area contributed by atoms with Crippen molar-refractivity contribution in [3.63, 3.8) is 0 Å². The molecule has 0 aliphatic carbocycles. The third kappa shape index (κ3) is 4.50. The van der Waals surface area contributed by atoms with Crippen molar-refractivity contribution < 1.29 is 13.2 Å². The lowest BCUT2D eigenvalue weighted by Crippen LogP contribution is -2.32. The minimum absolute atomic E-state index is 0.130. The van der Waals surface area contributed by atoms with Gasteiger partial charge in [0.15, 0.2) is 0 Å². The number of amides is 1. The van der Waals surface area contributed by atoms with Gasteiger partial charge < -0.3 is 4.90 Å². The molecule has 1 aliphatic heterocycles. The smallest absolute Gasteiger partial charge is 0.258 e. The number of rotatable bonds is 6. The Balaban J connectivity index is 1.95. The molecule has 0 radical (unpaired) electrons. The number of hydrogen-bond acceptors (Lipinski definition) is 4. The highest BCUT2D eigenvalue weighted by Crippen LogP contribution is 2.24. The molecule has 152 valence electrons. The van der Waals surface area contributed by atoms with Gasteiger partial charge in [-0.15, -0.1) is 0 Å². The highest BCUT2D eigenvalue weighted by molar-refractivity contribution is 7.89. The molecular formula is C22H25N3O3S. The van der Waals surface area contributed by atoms with Crippen LogP contribution < -0.4 is 4.90 Å². The van der Waals surface area contributed by atoms with E-state index in [2.05, 4.69) is 6.07 Å². The molecule has 0 unspecified atom stereocenters. The predicted molar refractivity (Wildman–Crippen MR) is 112 cm³/mol. The van der Waals surface area contributed by atoms with Gasteiger partial charge in [0.1, 0.15) is 0 Å². The molecule has 1 saturated heterocycles. The van der Waals surface area contributed by atoms with Crippen molar-refractivity contribution in [1.29, 1.82) is 5.26 Å². The zero-order valence-corrected chi connectivity index (χ0v) is 17.6. The monoisotopic (exact) mass is 411 g/mol. The van der Waals surface area contributed by atoms with Crippen molar-refractivity contribution in [3.8, 4) is 6.07 Å². The summed E-state index contributed by atoms with van der Waals surface area (Å²) in [5.74, 6) is -0.318. The van der Waals surface area contributed by atoms with E-state index in [-0.39, 0.29) is 23.8 Å². The third-order valence-electron chi connectivity index (χ3n) is 5.28. The van der Waals surface area contributed by atoms with Gasteiger partial charge in [-0.05, 0) is 68.1 Å². The van der Waals surface area contributed by atoms with Gasteiger partial charge in [-0.3, -0.25) is 4.79 Å². The first-order valence-electron chi connectivity index (χ1n) is 9.71. The summed E-state index contributed by atoms with van der Waals surface area (Å²) in [7, 11) is -3.60. The lowest BCUT2D eigenvalue weighted by Gasteiger charge is -2.23. The van der Waals surface area contributed by atoms with Crippen LogP contribution in [-0.4, -0.2) is 38.3 Å². The Morgan fingerprint density at radius 3 is 2.48 bits per heavy atom. The SMILES string of the molecule is Cc1ccc(N(CCC#N)C(=O)c2cccc(S(=O)(=O)N3CCCC3)c2)cc1C. The largest absolute Gasteiger partial charge is 0.307 e. The van der Waals surface area contributed by atoms with Gasteiger partial charge in [0.2, 0.25) is 10.0 Å². The van der Waals surface area contributed by atoms with Crippen LogP contribution in [0.4, 0.5) is 5.69 Å². The van der Waals surface area contributed by atoms with Crippen molar-refractivity contribution in [2.24, 2.45) is 0 Å². The molecule has 0 saturated carbocycles. The molecule has 0 atom stereocenters. The molecule has 0 N–H and O–H groups in total. The van der Waals surface area contributed by atoms with E-state index in [0.29, 0.717) is 24.3 Å². The second kappa shape index (κ2) is 8.76. The number of benzene rings is 2. The quantitative estimate of drug-likeness (QED) is 0.727. The summed E-state index contributed by atoms with van der Waals surface area (Å²) in [6.45, 7) is 5.22. The second-order valence-corrected chi connectivity index (χ2v) is 9.21. The molecule has 3 rings (SSSR count). The third-order valence-corrected chi connectivity index (χ3v) is 7.17. The Labute approximate surface area is 172 Å². The van der Waals surface area contributed by atoms with E-state index in [1.54, 1.807) is 12.1 Å². The van der Waals surface area contributed by atoms with Gasteiger partial charge in [-0.1, -0.05) is 12.1 Å². The zero-order chi connectivity index (χ0) is 21.0. The first kappa shape index (κ1) is 21.0. The summed E-state index contributed by atoms with van der Waals surface area (Å²) < 4.78 is 27.2. The Hall–Kier alpha value is -2.69. The van der Waals surface area contributed by atoms with Crippen molar-refractivity contribution in [1.82, 2.24) is 4.31 Å². The molecule has 0 spiro atoms. The van der Waals surface area contributed by atoms with E-state index >= 15 is 0 Å². The normalized spacial score (nSPS) is 14.5. The number of aryl methyl sites for hydroxylation is 2. The number of carbonyl (C=O) groups excluding carboxylic acids is 1. The zero-order valence-electron chi connectivity index (χ0n) is 16.8. The highest BCUT2D eigenvalue weighted by Gasteiger charge is 2.28. The molecule has 0 aromatic heterocycles. The summed E-state index contributed by atoms with van der Waals surface area (Å²) in [5, 5.41) is 9.01. The van der Waals surface area contributed by atoms with Crippen LogP contribution in [0.5, 0.6) is 0 Å². The Morgan fingerprint density at radius 2 is 1.83 bits per heavy atom. The van der Waals surface area contributed by atoms with Gasteiger partial charge >= 0.3 is 0 Å². The van der Waals surface area contributed by atoms with Gasteiger partial charge in [-0.25, -0.2) is 8.42 Å². The van der Waals surface area contributed by atoms with Crippen LogP contribution in [0.25, 0.3) is 0 Å². The number of carbonyl (C=O) groups is 1. The topological polar surface area (TPSA) is 81.5 Å². The first-order chi connectivity index (χ1) is 13.8. The first-order valence-corrected chi connectivity index (χ1v) is 11.1. The summed E-state index contributed by atoms with van der Waals surface area (Å²) in [4.78, 5) is 14.9. The van der Waals surface area contributed by atoms with E-state index < -0.39 is 10.0 Å². The summed E-state index contributed by atoms with van der Waals surface area (Å²) in [6, 6.07) is 14.0. The molecule has 1 aliphatic rings. The minimum Gasteiger partial charge on any atom is -0.307 e. The van der Waals surface area contributed by atoms with Crippen molar-refractivity contribution >= 4 is 21.6 Å². The van der Waals surface area contributed by atoms with E-state index in [1.807, 2.05) is 32.0 Å². The van der Waals surface area contributed by atoms with Crippen molar-refractivity contribution in [2.75, 3.05) is 24.5 Å². The van der Waals surface area contributed by atoms with Gasteiger partial charge in [-0.2, -0.15) is 9.57 Å². The maximum Gasteiger partial charge on any atom is 0.258 e. The predicted octanol–water partition coefficient (Wildman–Crippen LogP) is 3.65. The number of hydrogen-bond donors (Lipinski definition) is 0.